The lowest BCUT2D eigenvalue weighted by Gasteiger charge is -2.34. The topological polar surface area (TPSA) is 106 Å². The van der Waals surface area contributed by atoms with Crippen LogP contribution in [0.2, 0.25) is 0 Å². The van der Waals surface area contributed by atoms with Gasteiger partial charge in [0.25, 0.3) is 0 Å². The molecule has 0 saturated heterocycles. The van der Waals surface area contributed by atoms with Gasteiger partial charge in [0.2, 0.25) is 5.70 Å². The zero-order valence-corrected chi connectivity index (χ0v) is 57.3. The highest BCUT2D eigenvalue weighted by molar-refractivity contribution is 8.03. The number of likely N-dealkylation sites (N-methyl/N-ethyl adjacent to an activating group) is 1. The Morgan fingerprint density at radius 3 is 1.65 bits per heavy atom. The highest BCUT2D eigenvalue weighted by atomic mass is 32.2. The summed E-state index contributed by atoms with van der Waals surface area (Å²) in [6, 6.07) is 75.2. The SMILES string of the molecule is [C-]#[N+]C1=C(/C=C/C=C2\CC(C)(C)CC(/C=C/c3ccc(N(c4ccc(OC)cc4)c4ccc(N(CC)CCOC(=O)CCc5c6ccccc6cc6ccccc56)cc4)cc3)=C2SCCOC(=O)CCc2c3ccccc3cc3ccccc23)C(C)(c2ccccc2)O/C1=C(\C)C#N. The number of benzene rings is 10. The van der Waals surface area contributed by atoms with Crippen LogP contribution in [0.4, 0.5) is 22.7 Å². The zero-order chi connectivity index (χ0) is 68.2. The molecule has 0 radical (unpaired) electrons. The van der Waals surface area contributed by atoms with Crippen molar-refractivity contribution in [2.24, 2.45) is 5.41 Å². The molecule has 0 fully saturated rings. The largest absolute Gasteiger partial charge is 0.497 e. The third-order valence-electron chi connectivity index (χ3n) is 18.7. The lowest BCUT2D eigenvalue weighted by Crippen LogP contribution is -2.28. The van der Waals surface area contributed by atoms with Gasteiger partial charge >= 0.3 is 11.9 Å². The molecule has 11 heteroatoms. The molecule has 2 aliphatic rings. The lowest BCUT2D eigenvalue weighted by atomic mass is 9.74. The minimum Gasteiger partial charge on any atom is -0.497 e. The number of thioether (sulfide) groups is 1. The lowest BCUT2D eigenvalue weighted by molar-refractivity contribution is -0.144. The van der Waals surface area contributed by atoms with E-state index in [2.05, 4.69) is 230 Å². The first-order chi connectivity index (χ1) is 47.7. The summed E-state index contributed by atoms with van der Waals surface area (Å²) in [6.07, 6.45) is 13.9. The molecule has 0 bridgehead atoms. The van der Waals surface area contributed by atoms with Crippen LogP contribution in [0.3, 0.4) is 0 Å². The number of anilines is 4. The third kappa shape index (κ3) is 15.1. The van der Waals surface area contributed by atoms with Crippen molar-refractivity contribution < 1.29 is 28.5 Å². The molecule has 0 N–H and O–H groups in total. The second kappa shape index (κ2) is 30.5. The fourth-order valence-corrected chi connectivity index (χ4v) is 14.8. The highest BCUT2D eigenvalue weighted by Gasteiger charge is 2.43. The molecule has 490 valence electrons. The number of carbonyl (C=O) groups is 2. The van der Waals surface area contributed by atoms with E-state index in [1.165, 1.54) is 32.7 Å². The van der Waals surface area contributed by atoms with E-state index in [1.54, 1.807) is 25.8 Å². The van der Waals surface area contributed by atoms with Crippen LogP contribution in [0.15, 0.2) is 275 Å². The molecular formula is C87H80N4O6S. The summed E-state index contributed by atoms with van der Waals surface area (Å²) < 4.78 is 24.1. The summed E-state index contributed by atoms with van der Waals surface area (Å²) in [5.74, 6) is 1.16. The molecule has 1 heterocycles. The first kappa shape index (κ1) is 67.1. The van der Waals surface area contributed by atoms with E-state index in [9.17, 15) is 14.9 Å². The number of nitriles is 1. The second-order valence-corrected chi connectivity index (χ2v) is 26.9. The molecule has 0 aromatic heterocycles. The van der Waals surface area contributed by atoms with Crippen LogP contribution in [0, 0.1) is 23.3 Å². The average molecular weight is 1310 g/mol. The van der Waals surface area contributed by atoms with Crippen molar-refractivity contribution in [3.63, 3.8) is 0 Å². The molecule has 0 saturated carbocycles. The van der Waals surface area contributed by atoms with Gasteiger partial charge in [-0.3, -0.25) is 9.59 Å². The molecule has 0 spiro atoms. The van der Waals surface area contributed by atoms with E-state index < -0.39 is 5.60 Å². The van der Waals surface area contributed by atoms with Gasteiger partial charge in [0.15, 0.2) is 0 Å². The molecule has 10 aromatic rings. The average Bonchev–Trinajstić information content (AvgIpc) is 1.35. The van der Waals surface area contributed by atoms with Gasteiger partial charge in [0, 0.05) is 58.4 Å². The third-order valence-corrected chi connectivity index (χ3v) is 19.9. The summed E-state index contributed by atoms with van der Waals surface area (Å²) >= 11 is 1.70. The van der Waals surface area contributed by atoms with E-state index in [4.69, 9.17) is 25.5 Å². The number of nitrogens with zero attached hydrogens (tertiary/aromatic N) is 4. The van der Waals surface area contributed by atoms with E-state index >= 15 is 0 Å². The summed E-state index contributed by atoms with van der Waals surface area (Å²) in [7, 11) is 1.67. The number of methoxy groups -OCH3 is 1. The maximum atomic E-state index is 13.7. The van der Waals surface area contributed by atoms with Crippen LogP contribution in [0.5, 0.6) is 5.75 Å². The van der Waals surface area contributed by atoms with Gasteiger partial charge in [0.05, 0.1) is 31.9 Å². The zero-order valence-electron chi connectivity index (χ0n) is 56.5. The Kier molecular flexibility index (Phi) is 20.9. The maximum Gasteiger partial charge on any atom is 0.306 e. The number of hydrogen-bond acceptors (Lipinski definition) is 10. The van der Waals surface area contributed by atoms with Gasteiger partial charge < -0.3 is 28.7 Å². The molecule has 1 unspecified atom stereocenters. The summed E-state index contributed by atoms with van der Waals surface area (Å²) in [5.41, 5.74) is 10.7. The Bertz CT molecular complexity index is 4790. The van der Waals surface area contributed by atoms with Crippen molar-refractivity contribution in [2.45, 2.75) is 78.7 Å². The number of esters is 2. The Balaban J connectivity index is 0.782. The van der Waals surface area contributed by atoms with Gasteiger partial charge in [-0.2, -0.15) is 5.26 Å². The Hall–Kier alpha value is -10.9. The van der Waals surface area contributed by atoms with Gasteiger partial charge in [-0.25, -0.2) is 4.85 Å². The quantitative estimate of drug-likeness (QED) is 0.0191. The van der Waals surface area contributed by atoms with Crippen molar-refractivity contribution in [1.29, 1.82) is 5.26 Å². The van der Waals surface area contributed by atoms with Crippen molar-refractivity contribution in [1.82, 2.24) is 0 Å². The normalized spacial score (nSPS) is 16.2. The number of ether oxygens (including phenoxy) is 4. The Morgan fingerprint density at radius 1 is 0.633 bits per heavy atom. The minimum atomic E-state index is -1.01. The minimum absolute atomic E-state index is 0.119. The maximum absolute atomic E-state index is 13.7. The van der Waals surface area contributed by atoms with Crippen LogP contribution in [0.1, 0.15) is 82.6 Å². The number of allylic oxidation sites excluding steroid dienone is 6. The smallest absolute Gasteiger partial charge is 0.306 e. The van der Waals surface area contributed by atoms with Crippen LogP contribution in [0.25, 0.3) is 54.0 Å². The fraction of sp³-hybridized carbons (Fsp3) is 0.218. The van der Waals surface area contributed by atoms with E-state index in [-0.39, 0.29) is 37.0 Å². The summed E-state index contributed by atoms with van der Waals surface area (Å²) in [4.78, 5) is 36.5. The monoisotopic (exact) mass is 1310 g/mol. The highest BCUT2D eigenvalue weighted by Crippen LogP contribution is 2.50. The molecule has 98 heavy (non-hydrogen) atoms. The van der Waals surface area contributed by atoms with Gasteiger partial charge in [0.1, 0.15) is 30.3 Å². The molecule has 10 aromatic carbocycles. The fourth-order valence-electron chi connectivity index (χ4n) is 13.8. The first-order valence-corrected chi connectivity index (χ1v) is 34.6. The number of hydrogen-bond donors (Lipinski definition) is 0. The van der Waals surface area contributed by atoms with Gasteiger partial charge in [-0.05, 0) is 201 Å². The second-order valence-electron chi connectivity index (χ2n) is 25.8. The molecule has 12 rings (SSSR count). The summed E-state index contributed by atoms with van der Waals surface area (Å²) in [5, 5.41) is 19.3. The van der Waals surface area contributed by atoms with Crippen LogP contribution >= 0.6 is 11.8 Å². The van der Waals surface area contributed by atoms with E-state index in [0.29, 0.717) is 54.2 Å². The predicted octanol–water partition coefficient (Wildman–Crippen LogP) is 21.2. The Labute approximate surface area is 579 Å². The number of carbonyl (C=O) groups excluding carboxylic acids is 2. The molecular weight excluding hydrogens is 1230 g/mol. The van der Waals surface area contributed by atoms with Crippen molar-refractivity contribution in [3.05, 3.63) is 309 Å². The van der Waals surface area contributed by atoms with Gasteiger partial charge in [-0.15, -0.1) is 11.8 Å². The molecule has 1 aliphatic carbocycles. The first-order valence-electron chi connectivity index (χ1n) is 33.6. The predicted molar refractivity (Wildman–Crippen MR) is 403 cm³/mol. The van der Waals surface area contributed by atoms with E-state index in [0.717, 1.165) is 96.6 Å². The van der Waals surface area contributed by atoms with Crippen molar-refractivity contribution >= 4 is 95.6 Å². The molecule has 10 nitrogen and oxygen atoms in total. The van der Waals surface area contributed by atoms with Crippen molar-refractivity contribution in [3.8, 4) is 11.8 Å². The van der Waals surface area contributed by atoms with Crippen molar-refractivity contribution in [2.75, 3.05) is 49.0 Å². The number of fused-ring (bicyclic) bond motifs is 4. The van der Waals surface area contributed by atoms with Crippen LogP contribution in [-0.2, 0) is 42.2 Å². The standard InChI is InChI=1S/C87H80N4O6S/c1-8-90(51-52-95-81(92)49-47-78-74-28-16-12-21-62(74)55-63-22-13-17-29-75(63)78)69-39-41-71(42-40-69)91(72-43-45-73(94-7)46-44-72)70-37-34-61(35-38-70)33-36-67-58-86(3,4)57-66(25-20-32-80-83(89-6)84(60(2)59-88)97-87(80,5)68-26-10-9-11-27-68)85(67)98-54-53-96-82(93)50-48-79-76-30-18-14-23-64(76)56-65-24-15-19-31-77(65)79/h9-46,55-56H,8,47-54,57-58H2,1-5,7H3/b32-20+,36-33+,66-25+,84-60+. The van der Waals surface area contributed by atoms with E-state index in [1.807, 2.05) is 61.5 Å². The molecule has 1 aliphatic heterocycles. The Morgan fingerprint density at radius 2 is 1.13 bits per heavy atom. The van der Waals surface area contributed by atoms with Crippen LogP contribution < -0.4 is 14.5 Å². The number of rotatable bonds is 24. The van der Waals surface area contributed by atoms with Gasteiger partial charge in [-0.1, -0.05) is 184 Å². The molecule has 0 amide bonds. The summed E-state index contributed by atoms with van der Waals surface area (Å²) in [6.45, 7) is 20.5. The molecule has 1 atom stereocenters. The number of aryl methyl sites for hydroxylation is 2. The van der Waals surface area contributed by atoms with Crippen LogP contribution in [-0.4, -0.2) is 51.1 Å².